The molecule has 0 saturated heterocycles. The molecule has 0 aliphatic carbocycles. The van der Waals surface area contributed by atoms with Gasteiger partial charge in [-0.1, -0.05) is 11.3 Å². The minimum Gasteiger partial charge on any atom is -0.374 e. The van der Waals surface area contributed by atoms with Crippen molar-refractivity contribution in [3.63, 3.8) is 0 Å². The smallest absolute Gasteiger partial charge is 0.260 e. The van der Waals surface area contributed by atoms with Crippen LogP contribution in [-0.2, 0) is 0 Å². The third-order valence-corrected chi connectivity index (χ3v) is 2.82. The van der Waals surface area contributed by atoms with Gasteiger partial charge in [0.05, 0.1) is 5.56 Å². The highest BCUT2D eigenvalue weighted by Crippen LogP contribution is 2.19. The van der Waals surface area contributed by atoms with E-state index < -0.39 is 17.5 Å². The largest absolute Gasteiger partial charge is 0.374 e. The lowest BCUT2D eigenvalue weighted by molar-refractivity contribution is 0.102. The highest BCUT2D eigenvalue weighted by Gasteiger charge is 2.16. The second kappa shape index (κ2) is 4.65. The molecule has 0 bridgehead atoms. The van der Waals surface area contributed by atoms with E-state index in [-0.39, 0.29) is 21.4 Å². The van der Waals surface area contributed by atoms with E-state index in [4.69, 9.17) is 5.73 Å². The van der Waals surface area contributed by atoms with E-state index in [1.54, 1.807) is 0 Å². The van der Waals surface area contributed by atoms with Gasteiger partial charge in [-0.05, 0) is 18.6 Å². The number of nitrogen functional groups attached to an aromatic ring is 1. The molecule has 0 atom stereocenters. The van der Waals surface area contributed by atoms with E-state index >= 15 is 0 Å². The van der Waals surface area contributed by atoms with Gasteiger partial charge in [0.2, 0.25) is 10.3 Å². The maximum absolute atomic E-state index is 13.4. The number of carbonyl (C=O) groups is 1. The van der Waals surface area contributed by atoms with E-state index in [2.05, 4.69) is 15.5 Å². The number of amides is 1. The van der Waals surface area contributed by atoms with Gasteiger partial charge >= 0.3 is 0 Å². The van der Waals surface area contributed by atoms with Crippen molar-refractivity contribution in [2.75, 3.05) is 11.1 Å². The molecule has 0 aliphatic rings. The molecule has 0 aliphatic heterocycles. The number of nitrogens with one attached hydrogen (secondary N) is 1. The molecule has 1 aromatic carbocycles. The Labute approximate surface area is 105 Å². The Bertz CT molecular complexity index is 614. The molecule has 1 amide bonds. The predicted octanol–water partition coefficient (Wildman–Crippen LogP) is 1.96. The lowest BCUT2D eigenvalue weighted by Gasteiger charge is -2.04. The topological polar surface area (TPSA) is 80.9 Å². The normalized spacial score (nSPS) is 10.4. The quantitative estimate of drug-likeness (QED) is 0.874. The number of anilines is 2. The Hall–Kier alpha value is -2.09. The van der Waals surface area contributed by atoms with Crippen molar-refractivity contribution in [3.8, 4) is 0 Å². The molecule has 1 heterocycles. The van der Waals surface area contributed by atoms with Crippen LogP contribution in [0, 0.1) is 18.6 Å². The molecule has 0 saturated carbocycles. The molecule has 8 heteroatoms. The summed E-state index contributed by atoms with van der Waals surface area (Å²) in [5.41, 5.74) is 5.25. The van der Waals surface area contributed by atoms with Crippen LogP contribution < -0.4 is 11.1 Å². The van der Waals surface area contributed by atoms with Crippen molar-refractivity contribution in [2.45, 2.75) is 6.92 Å². The number of hydrogen-bond acceptors (Lipinski definition) is 5. The van der Waals surface area contributed by atoms with Crippen LogP contribution >= 0.6 is 11.3 Å². The Kier molecular flexibility index (Phi) is 3.19. The number of benzene rings is 1. The standard InChI is InChI=1S/C10H8F2N4OS/c1-4-2-5(7(12)3-6(4)11)8(17)14-10-16-15-9(13)18-10/h2-3H,1H3,(H2,13,15)(H,14,16,17). The van der Waals surface area contributed by atoms with Crippen molar-refractivity contribution in [1.29, 1.82) is 0 Å². The third-order valence-electron chi connectivity index (χ3n) is 2.15. The second-order valence-corrected chi connectivity index (χ2v) is 4.49. The fourth-order valence-electron chi connectivity index (χ4n) is 1.28. The molecule has 0 unspecified atom stereocenters. The van der Waals surface area contributed by atoms with E-state index in [1.807, 2.05) is 0 Å². The molecule has 5 nitrogen and oxygen atoms in total. The summed E-state index contributed by atoms with van der Waals surface area (Å²) >= 11 is 0.951. The van der Waals surface area contributed by atoms with Crippen LogP contribution in [0.5, 0.6) is 0 Å². The summed E-state index contributed by atoms with van der Waals surface area (Å²) in [7, 11) is 0. The lowest BCUT2D eigenvalue weighted by atomic mass is 10.1. The molecule has 18 heavy (non-hydrogen) atoms. The summed E-state index contributed by atoms with van der Waals surface area (Å²) < 4.78 is 26.5. The molecule has 0 fully saturated rings. The maximum Gasteiger partial charge on any atom is 0.260 e. The number of nitrogens with zero attached hydrogens (tertiary/aromatic N) is 2. The zero-order valence-electron chi connectivity index (χ0n) is 9.20. The number of halogens is 2. The minimum absolute atomic E-state index is 0.152. The molecule has 2 aromatic rings. The molecule has 2 rings (SSSR count). The van der Waals surface area contributed by atoms with Crippen LogP contribution in [0.3, 0.4) is 0 Å². The van der Waals surface area contributed by atoms with Crippen LogP contribution in [-0.4, -0.2) is 16.1 Å². The van der Waals surface area contributed by atoms with Gasteiger partial charge in [-0.3, -0.25) is 10.1 Å². The van der Waals surface area contributed by atoms with Gasteiger partial charge in [-0.15, -0.1) is 10.2 Å². The molecular weight excluding hydrogens is 262 g/mol. The minimum atomic E-state index is -0.937. The zero-order valence-corrected chi connectivity index (χ0v) is 10.0. The number of hydrogen-bond donors (Lipinski definition) is 2. The zero-order chi connectivity index (χ0) is 13.3. The third kappa shape index (κ3) is 2.43. The van der Waals surface area contributed by atoms with Crippen LogP contribution in [0.4, 0.5) is 19.0 Å². The predicted molar refractivity (Wildman–Crippen MR) is 63.4 cm³/mol. The molecule has 0 radical (unpaired) electrons. The van der Waals surface area contributed by atoms with Crippen molar-refractivity contribution < 1.29 is 13.6 Å². The second-order valence-electron chi connectivity index (χ2n) is 3.48. The fraction of sp³-hybridized carbons (Fsp3) is 0.100. The lowest BCUT2D eigenvalue weighted by Crippen LogP contribution is -2.14. The number of rotatable bonds is 2. The van der Waals surface area contributed by atoms with E-state index in [0.717, 1.165) is 17.4 Å². The van der Waals surface area contributed by atoms with Gasteiger partial charge in [0, 0.05) is 6.07 Å². The van der Waals surface area contributed by atoms with E-state index in [0.29, 0.717) is 6.07 Å². The van der Waals surface area contributed by atoms with Crippen LogP contribution in [0.15, 0.2) is 12.1 Å². The average molecular weight is 270 g/mol. The van der Waals surface area contributed by atoms with Crippen molar-refractivity contribution in [1.82, 2.24) is 10.2 Å². The van der Waals surface area contributed by atoms with Crippen LogP contribution in [0.25, 0.3) is 0 Å². The molecule has 1 aromatic heterocycles. The summed E-state index contributed by atoms with van der Waals surface area (Å²) in [6.45, 7) is 1.44. The Morgan fingerprint density at radius 1 is 1.33 bits per heavy atom. The molecule has 0 spiro atoms. The summed E-state index contributed by atoms with van der Waals surface area (Å²) in [6, 6.07) is 1.79. The monoisotopic (exact) mass is 270 g/mol. The van der Waals surface area contributed by atoms with Gasteiger partial charge in [-0.2, -0.15) is 0 Å². The number of aryl methyl sites for hydroxylation is 1. The van der Waals surface area contributed by atoms with Gasteiger partial charge in [0.1, 0.15) is 11.6 Å². The first-order valence-electron chi connectivity index (χ1n) is 4.83. The molecule has 3 N–H and O–H groups in total. The van der Waals surface area contributed by atoms with E-state index in [1.165, 1.54) is 6.92 Å². The van der Waals surface area contributed by atoms with Gasteiger partial charge in [-0.25, -0.2) is 8.78 Å². The van der Waals surface area contributed by atoms with Gasteiger partial charge in [0.15, 0.2) is 0 Å². The van der Waals surface area contributed by atoms with Crippen LogP contribution in [0.2, 0.25) is 0 Å². The summed E-state index contributed by atoms with van der Waals surface area (Å²) in [6.07, 6.45) is 0. The average Bonchev–Trinajstić information content (AvgIpc) is 2.69. The SMILES string of the molecule is Cc1cc(C(=O)Nc2nnc(N)s2)c(F)cc1F. The number of aromatic nitrogens is 2. The molecular formula is C10H8F2N4OS. The van der Waals surface area contributed by atoms with E-state index in [9.17, 15) is 13.6 Å². The Morgan fingerprint density at radius 3 is 2.67 bits per heavy atom. The first kappa shape index (κ1) is 12.4. The van der Waals surface area contributed by atoms with Gasteiger partial charge in [0.25, 0.3) is 5.91 Å². The molecule has 94 valence electrons. The number of carbonyl (C=O) groups excluding carboxylic acids is 1. The van der Waals surface area contributed by atoms with Crippen LogP contribution in [0.1, 0.15) is 15.9 Å². The van der Waals surface area contributed by atoms with Gasteiger partial charge < -0.3 is 5.73 Å². The first-order valence-corrected chi connectivity index (χ1v) is 5.65. The van der Waals surface area contributed by atoms with Crippen molar-refractivity contribution in [3.05, 3.63) is 34.9 Å². The summed E-state index contributed by atoms with van der Waals surface area (Å²) in [5, 5.41) is 9.72. The van der Waals surface area contributed by atoms with Crippen molar-refractivity contribution >= 4 is 27.5 Å². The fourth-order valence-corrected chi connectivity index (χ4v) is 1.79. The highest BCUT2D eigenvalue weighted by molar-refractivity contribution is 7.19. The Balaban J connectivity index is 2.26. The maximum atomic E-state index is 13.4. The first-order chi connectivity index (χ1) is 8.47. The highest BCUT2D eigenvalue weighted by atomic mass is 32.1. The summed E-state index contributed by atoms with van der Waals surface area (Å²) in [4.78, 5) is 11.7. The van der Waals surface area contributed by atoms with Crippen molar-refractivity contribution in [2.24, 2.45) is 0 Å². The number of nitrogens with two attached hydrogens (primary N) is 1. The Morgan fingerprint density at radius 2 is 2.06 bits per heavy atom. The summed E-state index contributed by atoms with van der Waals surface area (Å²) in [5.74, 6) is -2.37.